The number of halogens is 4. The van der Waals surface area contributed by atoms with Crippen LogP contribution in [0.3, 0.4) is 0 Å². The Hall–Kier alpha value is -3.79. The number of likely N-dealkylation sites (tertiary alicyclic amines) is 1. The first-order chi connectivity index (χ1) is 19.7. The normalized spacial score (nSPS) is 18.5. The number of rotatable bonds is 7. The van der Waals surface area contributed by atoms with Crippen molar-refractivity contribution in [3.05, 3.63) is 40.9 Å². The Morgan fingerprint density at radius 3 is 2.64 bits per heavy atom. The molecule has 11 nitrogen and oxygen atoms in total. The minimum Gasteiger partial charge on any atom is -0.346 e. The summed E-state index contributed by atoms with van der Waals surface area (Å²) in [5.74, 6) is -1.18. The van der Waals surface area contributed by atoms with Gasteiger partial charge in [-0.1, -0.05) is 5.16 Å². The van der Waals surface area contributed by atoms with Gasteiger partial charge in [0.15, 0.2) is 0 Å². The van der Waals surface area contributed by atoms with Crippen molar-refractivity contribution in [3.8, 4) is 11.5 Å². The monoisotopic (exact) mass is 610 g/mol. The molecule has 0 unspecified atom stereocenters. The smallest absolute Gasteiger partial charge is 0.346 e. The standard InChI is InChI=1S/C26H30F4N8O3S/c1-25(2,3)38-10-14(8-32-38)22(39)31-9-20-34-21(35-41-20)19-7-15-16(12-42-24(15)37(19)13-26(28,29)30)23(40)33-18-5-6-36(4)11-17(18)27/h7-8,10,12,17-18H,5-6,9,11,13H2,1-4H3,(H,31,39)(H,33,40)/t17-,18+/m0/s1. The first kappa shape index (κ1) is 29.7. The molecule has 2 N–H and O–H groups in total. The second kappa shape index (κ2) is 11.1. The zero-order chi connectivity index (χ0) is 30.4. The number of piperidine rings is 1. The third-order valence-electron chi connectivity index (χ3n) is 6.90. The van der Waals surface area contributed by atoms with E-state index in [9.17, 15) is 27.2 Å². The molecule has 2 atom stereocenters. The van der Waals surface area contributed by atoms with Crippen LogP contribution in [0.25, 0.3) is 21.7 Å². The van der Waals surface area contributed by atoms with E-state index in [-0.39, 0.29) is 51.8 Å². The van der Waals surface area contributed by atoms with E-state index in [0.29, 0.717) is 18.5 Å². The minimum atomic E-state index is -4.58. The van der Waals surface area contributed by atoms with Gasteiger partial charge in [0.2, 0.25) is 11.7 Å². The van der Waals surface area contributed by atoms with E-state index in [0.717, 1.165) is 15.9 Å². The van der Waals surface area contributed by atoms with E-state index in [2.05, 4.69) is 25.9 Å². The summed E-state index contributed by atoms with van der Waals surface area (Å²) in [4.78, 5) is 31.8. The van der Waals surface area contributed by atoms with Gasteiger partial charge < -0.3 is 24.6 Å². The van der Waals surface area contributed by atoms with Gasteiger partial charge in [-0.05, 0) is 40.3 Å². The van der Waals surface area contributed by atoms with Crippen LogP contribution in [0, 0.1) is 0 Å². The van der Waals surface area contributed by atoms with E-state index in [1.54, 1.807) is 17.9 Å². The fraction of sp³-hybridized carbons (Fsp3) is 0.500. The second-order valence-electron chi connectivity index (χ2n) is 11.3. The lowest BCUT2D eigenvalue weighted by Crippen LogP contribution is -2.51. The number of amides is 2. The summed E-state index contributed by atoms with van der Waals surface area (Å²) >= 11 is 0.960. The first-order valence-electron chi connectivity index (χ1n) is 13.2. The molecule has 16 heteroatoms. The molecule has 1 fully saturated rings. The Bertz CT molecular complexity index is 1600. The van der Waals surface area contributed by atoms with E-state index in [4.69, 9.17) is 4.52 Å². The van der Waals surface area contributed by atoms with Gasteiger partial charge in [0.05, 0.1) is 41.1 Å². The molecule has 0 aromatic carbocycles. The summed E-state index contributed by atoms with van der Waals surface area (Å²) in [6, 6.07) is 0.695. The third-order valence-corrected chi connectivity index (χ3v) is 7.92. The molecule has 1 aliphatic heterocycles. The Morgan fingerprint density at radius 2 is 1.98 bits per heavy atom. The zero-order valence-corrected chi connectivity index (χ0v) is 24.1. The Morgan fingerprint density at radius 1 is 1.21 bits per heavy atom. The maximum atomic E-state index is 14.5. The van der Waals surface area contributed by atoms with E-state index < -0.39 is 36.7 Å². The molecule has 0 bridgehead atoms. The van der Waals surface area contributed by atoms with Crippen LogP contribution in [0.1, 0.15) is 53.8 Å². The highest BCUT2D eigenvalue weighted by Gasteiger charge is 2.34. The number of nitrogens with one attached hydrogen (secondary N) is 2. The van der Waals surface area contributed by atoms with Crippen LogP contribution in [0.5, 0.6) is 0 Å². The van der Waals surface area contributed by atoms with Crippen LogP contribution in [-0.2, 0) is 18.6 Å². The second-order valence-corrected chi connectivity index (χ2v) is 12.1. The topological polar surface area (TPSA) is 123 Å². The van der Waals surface area contributed by atoms with Crippen LogP contribution in [0.4, 0.5) is 17.6 Å². The van der Waals surface area contributed by atoms with E-state index in [1.807, 2.05) is 25.7 Å². The van der Waals surface area contributed by atoms with Crippen LogP contribution in [0.15, 0.2) is 28.4 Å². The maximum Gasteiger partial charge on any atom is 0.406 e. The number of fused-ring (bicyclic) bond motifs is 1. The van der Waals surface area contributed by atoms with Crippen molar-refractivity contribution >= 4 is 33.4 Å². The number of carbonyl (C=O) groups is 2. The molecular formula is C26H30F4N8O3S. The molecule has 2 amide bonds. The van der Waals surface area contributed by atoms with Gasteiger partial charge in [-0.3, -0.25) is 14.3 Å². The molecule has 0 aliphatic carbocycles. The number of carbonyl (C=O) groups excluding carboxylic acids is 2. The summed E-state index contributed by atoms with van der Waals surface area (Å²) < 4.78 is 63.1. The Labute approximate surface area is 241 Å². The van der Waals surface area contributed by atoms with Crippen molar-refractivity contribution in [2.75, 3.05) is 20.1 Å². The Balaban J connectivity index is 1.36. The van der Waals surface area contributed by atoms with Gasteiger partial charge in [0, 0.05) is 30.1 Å². The van der Waals surface area contributed by atoms with Crippen molar-refractivity contribution in [2.24, 2.45) is 0 Å². The molecule has 4 aromatic rings. The molecule has 42 heavy (non-hydrogen) atoms. The molecule has 0 spiro atoms. The van der Waals surface area contributed by atoms with Crippen molar-refractivity contribution in [3.63, 3.8) is 0 Å². The number of alkyl halides is 4. The third kappa shape index (κ3) is 6.33. The van der Waals surface area contributed by atoms with E-state index in [1.165, 1.54) is 17.6 Å². The predicted molar refractivity (Wildman–Crippen MR) is 146 cm³/mol. The van der Waals surface area contributed by atoms with Crippen molar-refractivity contribution in [2.45, 2.75) is 64.2 Å². The average molecular weight is 611 g/mol. The number of hydrogen-bond acceptors (Lipinski definition) is 8. The summed E-state index contributed by atoms with van der Waals surface area (Å²) in [6.07, 6.45) is -2.41. The molecule has 226 valence electrons. The summed E-state index contributed by atoms with van der Waals surface area (Å²) in [5, 5.41) is 15.1. The van der Waals surface area contributed by atoms with Crippen LogP contribution < -0.4 is 10.6 Å². The number of nitrogens with zero attached hydrogens (tertiary/aromatic N) is 6. The van der Waals surface area contributed by atoms with Gasteiger partial charge in [0.1, 0.15) is 17.5 Å². The van der Waals surface area contributed by atoms with Crippen LogP contribution >= 0.6 is 11.3 Å². The molecule has 0 radical (unpaired) electrons. The molecule has 5 heterocycles. The lowest BCUT2D eigenvalue weighted by atomic mass is 10.0. The maximum absolute atomic E-state index is 14.5. The first-order valence-corrected chi connectivity index (χ1v) is 14.0. The lowest BCUT2D eigenvalue weighted by molar-refractivity contribution is -0.139. The molecule has 5 rings (SSSR count). The van der Waals surface area contributed by atoms with Crippen molar-refractivity contribution in [1.29, 1.82) is 0 Å². The minimum absolute atomic E-state index is 0.0151. The molecule has 1 aliphatic rings. The SMILES string of the molecule is CN1CC[C@@H](NC(=O)c2csc3c2cc(-c2noc(CNC(=O)c4cnn(C(C)(C)C)c4)n2)n3CC(F)(F)F)[C@@H](F)C1. The molecule has 1 saturated heterocycles. The van der Waals surface area contributed by atoms with Gasteiger partial charge in [0.25, 0.3) is 11.8 Å². The predicted octanol–water partition coefficient (Wildman–Crippen LogP) is 3.97. The van der Waals surface area contributed by atoms with E-state index >= 15 is 0 Å². The van der Waals surface area contributed by atoms with Gasteiger partial charge in [-0.15, -0.1) is 11.3 Å². The molecular weight excluding hydrogens is 580 g/mol. The summed E-state index contributed by atoms with van der Waals surface area (Å²) in [6.45, 7) is 5.07. The van der Waals surface area contributed by atoms with Crippen LogP contribution in [-0.4, -0.2) is 79.7 Å². The highest BCUT2D eigenvalue weighted by atomic mass is 32.1. The Kier molecular flexibility index (Phi) is 7.87. The fourth-order valence-corrected chi connectivity index (χ4v) is 5.74. The highest BCUT2D eigenvalue weighted by Crippen LogP contribution is 2.36. The van der Waals surface area contributed by atoms with Gasteiger partial charge in [-0.25, -0.2) is 4.39 Å². The number of thiophene rings is 1. The average Bonchev–Trinajstić information content (AvgIpc) is 3.68. The summed E-state index contributed by atoms with van der Waals surface area (Å²) in [7, 11) is 1.79. The fourth-order valence-electron chi connectivity index (χ4n) is 4.69. The molecule has 4 aromatic heterocycles. The molecule has 0 saturated carbocycles. The lowest BCUT2D eigenvalue weighted by Gasteiger charge is -2.32. The zero-order valence-electron chi connectivity index (χ0n) is 23.3. The largest absolute Gasteiger partial charge is 0.406 e. The number of hydrogen-bond donors (Lipinski definition) is 2. The number of aromatic nitrogens is 5. The van der Waals surface area contributed by atoms with Crippen molar-refractivity contribution in [1.82, 2.24) is 40.0 Å². The van der Waals surface area contributed by atoms with Crippen LogP contribution in [0.2, 0.25) is 0 Å². The summed E-state index contributed by atoms with van der Waals surface area (Å²) in [5.41, 5.74) is 0.116. The quantitative estimate of drug-likeness (QED) is 0.304. The van der Waals surface area contributed by atoms with Gasteiger partial charge >= 0.3 is 6.18 Å². The van der Waals surface area contributed by atoms with Gasteiger partial charge in [-0.2, -0.15) is 23.3 Å². The highest BCUT2D eigenvalue weighted by molar-refractivity contribution is 7.17. The van der Waals surface area contributed by atoms with Crippen molar-refractivity contribution < 1.29 is 31.7 Å².